The van der Waals surface area contributed by atoms with Crippen molar-refractivity contribution in [3.05, 3.63) is 35.5 Å². The second-order valence-corrected chi connectivity index (χ2v) is 5.59. The van der Waals surface area contributed by atoms with Crippen LogP contribution in [0.15, 0.2) is 35.5 Å². The summed E-state index contributed by atoms with van der Waals surface area (Å²) in [6.45, 7) is 6.82. The maximum absolute atomic E-state index is 11.8. The number of ether oxygens (including phenoxy) is 1. The predicted octanol–water partition coefficient (Wildman–Crippen LogP) is 3.37. The fourth-order valence-corrected chi connectivity index (χ4v) is 1.86. The molecule has 0 unspecified atom stereocenters. The van der Waals surface area contributed by atoms with E-state index >= 15 is 0 Å². The molecule has 1 aliphatic carbocycles. The van der Waals surface area contributed by atoms with Crippen molar-refractivity contribution in [3.63, 3.8) is 0 Å². The van der Waals surface area contributed by atoms with Gasteiger partial charge in [-0.2, -0.15) is 0 Å². The minimum Gasteiger partial charge on any atom is -0.463 e. The molecule has 0 bridgehead atoms. The van der Waals surface area contributed by atoms with Crippen LogP contribution in [0.1, 0.15) is 40.0 Å². The summed E-state index contributed by atoms with van der Waals surface area (Å²) in [6, 6.07) is 0. The van der Waals surface area contributed by atoms with Gasteiger partial charge in [0.1, 0.15) is 6.61 Å². The van der Waals surface area contributed by atoms with Gasteiger partial charge in [0, 0.05) is 0 Å². The lowest BCUT2D eigenvalue weighted by molar-refractivity contribution is -0.127. The van der Waals surface area contributed by atoms with Crippen molar-refractivity contribution in [1.29, 1.82) is 0 Å². The molecule has 1 rings (SSSR count). The highest BCUT2D eigenvalue weighted by Crippen LogP contribution is 2.25. The number of hydrogen-bond donors (Lipinski definition) is 0. The minimum absolute atomic E-state index is 0.0701. The van der Waals surface area contributed by atoms with Crippen molar-refractivity contribution < 1.29 is 14.3 Å². The molecule has 0 heterocycles. The van der Waals surface area contributed by atoms with Crippen LogP contribution in [-0.4, -0.2) is 18.9 Å². The van der Waals surface area contributed by atoms with Gasteiger partial charge in [0.05, 0.1) is 0 Å². The zero-order chi connectivity index (χ0) is 14.3. The largest absolute Gasteiger partial charge is 0.463 e. The Bertz CT molecular complexity index is 425. The first-order valence-corrected chi connectivity index (χ1v) is 6.58. The Hall–Kier alpha value is -1.64. The van der Waals surface area contributed by atoms with E-state index in [4.69, 9.17) is 4.74 Å². The predicted molar refractivity (Wildman–Crippen MR) is 75.6 cm³/mol. The van der Waals surface area contributed by atoms with Gasteiger partial charge < -0.3 is 4.74 Å². The Labute approximate surface area is 115 Å². The molecule has 0 saturated heterocycles. The van der Waals surface area contributed by atoms with Gasteiger partial charge >= 0.3 is 0 Å². The van der Waals surface area contributed by atoms with Crippen LogP contribution in [0.5, 0.6) is 0 Å². The SMILES string of the molecule is C/C1=C\CC/C(COC=O)=C/CC(C)(C)/C=C/C1=O. The van der Waals surface area contributed by atoms with E-state index in [9.17, 15) is 9.59 Å². The molecule has 19 heavy (non-hydrogen) atoms. The van der Waals surface area contributed by atoms with Gasteiger partial charge in [-0.25, -0.2) is 0 Å². The third-order valence-electron chi connectivity index (χ3n) is 3.24. The van der Waals surface area contributed by atoms with E-state index in [1.54, 1.807) is 6.08 Å². The summed E-state index contributed by atoms with van der Waals surface area (Å²) in [7, 11) is 0. The van der Waals surface area contributed by atoms with Crippen LogP contribution in [0.3, 0.4) is 0 Å². The molecular weight excluding hydrogens is 240 g/mol. The minimum atomic E-state index is -0.0767. The maximum Gasteiger partial charge on any atom is 0.293 e. The van der Waals surface area contributed by atoms with Crippen molar-refractivity contribution >= 4 is 12.3 Å². The molecule has 0 amide bonds. The molecule has 3 nitrogen and oxygen atoms in total. The highest BCUT2D eigenvalue weighted by molar-refractivity contribution is 6.03. The first kappa shape index (κ1) is 15.4. The van der Waals surface area contributed by atoms with Crippen molar-refractivity contribution in [3.8, 4) is 0 Å². The van der Waals surface area contributed by atoms with Crippen LogP contribution < -0.4 is 0 Å². The molecule has 0 atom stereocenters. The second kappa shape index (κ2) is 7.07. The fourth-order valence-electron chi connectivity index (χ4n) is 1.86. The van der Waals surface area contributed by atoms with E-state index in [1.165, 1.54) is 0 Å². The summed E-state index contributed by atoms with van der Waals surface area (Å²) in [5, 5.41) is 0. The van der Waals surface area contributed by atoms with Crippen LogP contribution in [0.2, 0.25) is 0 Å². The molecule has 0 aliphatic heterocycles. The Kier molecular flexibility index (Phi) is 5.74. The van der Waals surface area contributed by atoms with E-state index in [2.05, 4.69) is 19.9 Å². The average Bonchev–Trinajstić information content (AvgIpc) is 2.39. The zero-order valence-electron chi connectivity index (χ0n) is 11.9. The molecule has 0 radical (unpaired) electrons. The molecule has 0 aromatic heterocycles. The van der Waals surface area contributed by atoms with Gasteiger partial charge in [0.15, 0.2) is 5.78 Å². The Morgan fingerprint density at radius 2 is 2.11 bits per heavy atom. The fraction of sp³-hybridized carbons (Fsp3) is 0.500. The lowest BCUT2D eigenvalue weighted by atomic mass is 9.87. The number of allylic oxidation sites excluding steroid dienone is 5. The van der Waals surface area contributed by atoms with Crippen molar-refractivity contribution in [2.75, 3.05) is 6.61 Å². The lowest BCUT2D eigenvalue weighted by Crippen LogP contribution is -2.08. The van der Waals surface area contributed by atoms with Gasteiger partial charge in [0.2, 0.25) is 0 Å². The molecule has 3 heteroatoms. The summed E-state index contributed by atoms with van der Waals surface area (Å²) in [5.41, 5.74) is 1.80. The van der Waals surface area contributed by atoms with Crippen LogP contribution in [0.25, 0.3) is 0 Å². The zero-order valence-corrected chi connectivity index (χ0v) is 11.9. The monoisotopic (exact) mass is 262 g/mol. The summed E-state index contributed by atoms with van der Waals surface area (Å²) in [4.78, 5) is 22.1. The Morgan fingerprint density at radius 1 is 1.37 bits per heavy atom. The molecule has 0 saturated carbocycles. The number of carbonyl (C=O) groups excluding carboxylic acids is 2. The molecule has 0 fully saturated rings. The summed E-state index contributed by atoms with van der Waals surface area (Å²) in [6.07, 6.45) is 10.1. The molecular formula is C16H22O3. The molecule has 1 aliphatic rings. The first-order chi connectivity index (χ1) is 8.94. The standard InChI is InChI=1S/C16H22O3/c1-13-5-4-6-14(11-19-12-17)7-9-16(2,3)10-8-15(13)18/h5,7-8,10,12H,4,6,9,11H2,1-3H3/b10-8+,13-5+,14-7-. The topological polar surface area (TPSA) is 43.4 Å². The maximum atomic E-state index is 11.8. The summed E-state index contributed by atoms with van der Waals surface area (Å²) < 4.78 is 4.83. The Morgan fingerprint density at radius 3 is 2.79 bits per heavy atom. The molecule has 0 N–H and O–H groups in total. The Balaban J connectivity index is 2.91. The van der Waals surface area contributed by atoms with Gasteiger partial charge in [-0.1, -0.05) is 32.1 Å². The van der Waals surface area contributed by atoms with Gasteiger partial charge in [0.25, 0.3) is 6.47 Å². The highest BCUT2D eigenvalue weighted by Gasteiger charge is 2.14. The number of carbonyl (C=O) groups is 2. The number of rotatable bonds is 3. The van der Waals surface area contributed by atoms with Gasteiger partial charge in [-0.15, -0.1) is 0 Å². The van der Waals surface area contributed by atoms with Crippen LogP contribution >= 0.6 is 0 Å². The van der Waals surface area contributed by atoms with E-state index < -0.39 is 0 Å². The smallest absolute Gasteiger partial charge is 0.293 e. The normalized spacial score (nSPS) is 27.2. The molecule has 0 spiro atoms. The van der Waals surface area contributed by atoms with Gasteiger partial charge in [-0.05, 0) is 48.8 Å². The van der Waals surface area contributed by atoms with Crippen LogP contribution in [-0.2, 0) is 14.3 Å². The van der Waals surface area contributed by atoms with E-state index in [1.807, 2.05) is 19.1 Å². The summed E-state index contributed by atoms with van der Waals surface area (Å²) >= 11 is 0. The second-order valence-electron chi connectivity index (χ2n) is 5.59. The first-order valence-electron chi connectivity index (χ1n) is 6.58. The van der Waals surface area contributed by atoms with Crippen LogP contribution in [0.4, 0.5) is 0 Å². The molecule has 0 aromatic rings. The molecule has 104 valence electrons. The van der Waals surface area contributed by atoms with E-state index in [0.717, 1.165) is 30.4 Å². The average molecular weight is 262 g/mol. The van der Waals surface area contributed by atoms with E-state index in [-0.39, 0.29) is 11.2 Å². The number of ketones is 1. The third-order valence-corrected chi connectivity index (χ3v) is 3.24. The van der Waals surface area contributed by atoms with Gasteiger partial charge in [-0.3, -0.25) is 9.59 Å². The van der Waals surface area contributed by atoms with Crippen LogP contribution in [0, 0.1) is 5.41 Å². The van der Waals surface area contributed by atoms with Crippen molar-refractivity contribution in [1.82, 2.24) is 0 Å². The quantitative estimate of drug-likeness (QED) is 0.578. The third kappa shape index (κ3) is 5.69. The number of hydrogen-bond acceptors (Lipinski definition) is 3. The van der Waals surface area contributed by atoms with Crippen molar-refractivity contribution in [2.45, 2.75) is 40.0 Å². The highest BCUT2D eigenvalue weighted by atomic mass is 16.5. The van der Waals surface area contributed by atoms with Crippen molar-refractivity contribution in [2.24, 2.45) is 5.41 Å². The lowest BCUT2D eigenvalue weighted by Gasteiger charge is -2.18. The van der Waals surface area contributed by atoms with E-state index in [0.29, 0.717) is 13.1 Å². The summed E-state index contributed by atoms with van der Waals surface area (Å²) in [5.74, 6) is 0.0701. The molecule has 0 aromatic carbocycles.